The topological polar surface area (TPSA) is 40.5 Å². The van der Waals surface area contributed by atoms with Crippen molar-refractivity contribution < 1.29 is 14.3 Å². The number of aryl methyl sites for hydroxylation is 1. The summed E-state index contributed by atoms with van der Waals surface area (Å²) in [5.41, 5.74) is 3.02. The van der Waals surface area contributed by atoms with Gasteiger partial charge in [0.1, 0.15) is 0 Å². The monoisotopic (exact) mass is 345 g/mol. The van der Waals surface area contributed by atoms with Gasteiger partial charge in [-0.15, -0.1) is 11.8 Å². The Balaban J connectivity index is 1.69. The van der Waals surface area contributed by atoms with Crippen LogP contribution in [-0.2, 0) is 6.54 Å². The lowest BCUT2D eigenvalue weighted by molar-refractivity contribution is 0.102. The van der Waals surface area contributed by atoms with E-state index in [9.17, 15) is 4.79 Å². The number of thioether (sulfide) groups is 1. The molecule has 1 aliphatic rings. The van der Waals surface area contributed by atoms with Crippen LogP contribution in [0.25, 0.3) is 0 Å². The van der Waals surface area contributed by atoms with Gasteiger partial charge in [0, 0.05) is 34.8 Å². The first-order valence-corrected chi connectivity index (χ1v) is 9.31. The van der Waals surface area contributed by atoms with Crippen LogP contribution < -0.4 is 9.47 Å². The zero-order valence-corrected chi connectivity index (χ0v) is 15.2. The normalized spacial score (nSPS) is 13.6. The Labute approximate surface area is 147 Å². The number of ether oxygens (including phenoxy) is 2. The summed E-state index contributed by atoms with van der Waals surface area (Å²) in [5.74, 6) is 2.15. The van der Waals surface area contributed by atoms with Gasteiger partial charge in [-0.25, -0.2) is 0 Å². The number of ketones is 1. The molecule has 0 saturated carbocycles. The van der Waals surface area contributed by atoms with Crippen molar-refractivity contribution in [2.75, 3.05) is 19.0 Å². The zero-order chi connectivity index (χ0) is 17.1. The fourth-order valence-corrected chi connectivity index (χ4v) is 3.84. The molecule has 0 amide bonds. The van der Waals surface area contributed by atoms with Crippen LogP contribution in [0.4, 0.5) is 0 Å². The molecule has 3 rings (SSSR count). The molecular formula is C19H23NO3S. The minimum Gasteiger partial charge on any atom is -0.490 e. The van der Waals surface area contributed by atoms with Crippen LogP contribution in [0.1, 0.15) is 35.1 Å². The number of benzene rings is 1. The van der Waals surface area contributed by atoms with Gasteiger partial charge >= 0.3 is 0 Å². The number of rotatable bonds is 5. The van der Waals surface area contributed by atoms with Gasteiger partial charge < -0.3 is 14.0 Å². The second-order valence-corrected chi connectivity index (χ2v) is 6.95. The summed E-state index contributed by atoms with van der Waals surface area (Å²) in [4.78, 5) is 13.6. The Kier molecular flexibility index (Phi) is 5.19. The number of Topliss-reactive ketones (excluding diaryl/α,β-unsaturated/α-hetero) is 1. The van der Waals surface area contributed by atoms with E-state index in [1.165, 1.54) is 0 Å². The second-order valence-electron chi connectivity index (χ2n) is 5.90. The van der Waals surface area contributed by atoms with Crippen molar-refractivity contribution >= 4 is 17.5 Å². The van der Waals surface area contributed by atoms with Gasteiger partial charge in [-0.05, 0) is 45.0 Å². The van der Waals surface area contributed by atoms with E-state index in [1.54, 1.807) is 11.8 Å². The number of hydrogen-bond donors (Lipinski definition) is 0. The zero-order valence-electron chi connectivity index (χ0n) is 14.4. The number of fused-ring (bicyclic) bond motifs is 1. The SMILES string of the molecule is CCn1c(C)cc(C(=O)CSc2ccc3c(c2)OCCCO3)c1C. The Hall–Kier alpha value is -1.88. The van der Waals surface area contributed by atoms with Crippen LogP contribution in [0.5, 0.6) is 11.5 Å². The first-order valence-electron chi connectivity index (χ1n) is 8.32. The van der Waals surface area contributed by atoms with Gasteiger partial charge in [0.2, 0.25) is 0 Å². The van der Waals surface area contributed by atoms with Gasteiger partial charge in [0.05, 0.1) is 19.0 Å². The molecule has 0 spiro atoms. The summed E-state index contributed by atoms with van der Waals surface area (Å²) in [6.45, 7) is 8.40. The predicted molar refractivity (Wildman–Crippen MR) is 96.7 cm³/mol. The minimum atomic E-state index is 0.167. The molecule has 1 aromatic carbocycles. The highest BCUT2D eigenvalue weighted by molar-refractivity contribution is 8.00. The first kappa shape index (κ1) is 17.0. The Morgan fingerprint density at radius 3 is 2.62 bits per heavy atom. The van der Waals surface area contributed by atoms with E-state index in [4.69, 9.17) is 9.47 Å². The molecule has 0 bridgehead atoms. The smallest absolute Gasteiger partial charge is 0.174 e. The quantitative estimate of drug-likeness (QED) is 0.600. The molecule has 0 atom stereocenters. The summed E-state index contributed by atoms with van der Waals surface area (Å²) in [5, 5.41) is 0. The van der Waals surface area contributed by atoms with Crippen LogP contribution in [0.15, 0.2) is 29.2 Å². The van der Waals surface area contributed by atoms with Crippen molar-refractivity contribution in [3.05, 3.63) is 41.2 Å². The van der Waals surface area contributed by atoms with Gasteiger partial charge in [0.15, 0.2) is 17.3 Å². The van der Waals surface area contributed by atoms with E-state index < -0.39 is 0 Å². The fourth-order valence-electron chi connectivity index (χ4n) is 3.03. The van der Waals surface area contributed by atoms with E-state index >= 15 is 0 Å². The number of carbonyl (C=O) groups is 1. The predicted octanol–water partition coefficient (Wildman–Crippen LogP) is 4.26. The molecule has 1 aliphatic heterocycles. The standard InChI is InChI=1S/C19H23NO3S/c1-4-20-13(2)10-16(14(20)3)17(21)12-24-15-6-7-18-19(11-15)23-9-5-8-22-18/h6-7,10-11H,4-5,8-9,12H2,1-3H3. The van der Waals surface area contributed by atoms with Crippen molar-refractivity contribution in [1.29, 1.82) is 0 Å². The maximum atomic E-state index is 12.6. The van der Waals surface area contributed by atoms with E-state index in [2.05, 4.69) is 11.5 Å². The summed E-state index contributed by atoms with van der Waals surface area (Å²) in [6, 6.07) is 7.88. The van der Waals surface area contributed by atoms with Crippen LogP contribution in [0, 0.1) is 13.8 Å². The van der Waals surface area contributed by atoms with Crippen LogP contribution in [0.3, 0.4) is 0 Å². The van der Waals surface area contributed by atoms with Crippen molar-refractivity contribution in [1.82, 2.24) is 4.57 Å². The highest BCUT2D eigenvalue weighted by Crippen LogP contribution is 2.34. The number of carbonyl (C=O) groups excluding carboxylic acids is 1. The van der Waals surface area contributed by atoms with Gasteiger partial charge in [-0.1, -0.05) is 0 Å². The van der Waals surface area contributed by atoms with Crippen LogP contribution >= 0.6 is 11.8 Å². The minimum absolute atomic E-state index is 0.167. The molecule has 24 heavy (non-hydrogen) atoms. The van der Waals surface area contributed by atoms with Crippen molar-refractivity contribution in [3.63, 3.8) is 0 Å². The first-order chi connectivity index (χ1) is 11.6. The maximum absolute atomic E-state index is 12.6. The fraction of sp³-hybridized carbons (Fsp3) is 0.421. The van der Waals surface area contributed by atoms with E-state index in [1.807, 2.05) is 38.1 Å². The molecule has 0 saturated heterocycles. The lowest BCUT2D eigenvalue weighted by Gasteiger charge is -2.09. The molecule has 0 radical (unpaired) electrons. The van der Waals surface area contributed by atoms with Crippen molar-refractivity contribution in [2.45, 2.75) is 38.6 Å². The Morgan fingerprint density at radius 1 is 1.17 bits per heavy atom. The van der Waals surface area contributed by atoms with Gasteiger partial charge in [-0.3, -0.25) is 4.79 Å². The molecule has 128 valence electrons. The molecular weight excluding hydrogens is 322 g/mol. The van der Waals surface area contributed by atoms with Crippen LogP contribution in [-0.4, -0.2) is 29.3 Å². The molecule has 1 aromatic heterocycles. The molecule has 2 aromatic rings. The summed E-state index contributed by atoms with van der Waals surface area (Å²) in [7, 11) is 0. The summed E-state index contributed by atoms with van der Waals surface area (Å²) >= 11 is 1.54. The molecule has 2 heterocycles. The molecule has 4 nitrogen and oxygen atoms in total. The maximum Gasteiger partial charge on any atom is 0.174 e. The summed E-state index contributed by atoms with van der Waals surface area (Å²) in [6.07, 6.45) is 0.892. The van der Waals surface area contributed by atoms with Gasteiger partial charge in [-0.2, -0.15) is 0 Å². The summed E-state index contributed by atoms with van der Waals surface area (Å²) < 4.78 is 13.5. The molecule has 5 heteroatoms. The number of nitrogens with zero attached hydrogens (tertiary/aromatic N) is 1. The second kappa shape index (κ2) is 7.34. The highest BCUT2D eigenvalue weighted by Gasteiger charge is 2.16. The molecule has 0 aliphatic carbocycles. The Morgan fingerprint density at radius 2 is 1.92 bits per heavy atom. The third-order valence-electron chi connectivity index (χ3n) is 4.28. The average molecular weight is 345 g/mol. The van der Waals surface area contributed by atoms with Crippen molar-refractivity contribution in [2.24, 2.45) is 0 Å². The average Bonchev–Trinajstić information content (AvgIpc) is 2.75. The van der Waals surface area contributed by atoms with Crippen LogP contribution in [0.2, 0.25) is 0 Å². The third-order valence-corrected chi connectivity index (χ3v) is 5.27. The van der Waals surface area contributed by atoms with Crippen molar-refractivity contribution in [3.8, 4) is 11.5 Å². The number of aromatic nitrogens is 1. The molecule has 0 fully saturated rings. The van der Waals surface area contributed by atoms with E-state index in [0.717, 1.165) is 46.3 Å². The van der Waals surface area contributed by atoms with E-state index in [-0.39, 0.29) is 5.78 Å². The highest BCUT2D eigenvalue weighted by atomic mass is 32.2. The largest absolute Gasteiger partial charge is 0.490 e. The van der Waals surface area contributed by atoms with E-state index in [0.29, 0.717) is 19.0 Å². The molecule has 0 unspecified atom stereocenters. The van der Waals surface area contributed by atoms with Gasteiger partial charge in [0.25, 0.3) is 0 Å². The number of hydrogen-bond acceptors (Lipinski definition) is 4. The third kappa shape index (κ3) is 3.46. The lowest BCUT2D eigenvalue weighted by atomic mass is 10.2. The molecule has 0 N–H and O–H groups in total. The lowest BCUT2D eigenvalue weighted by Crippen LogP contribution is -2.05. The Bertz CT molecular complexity index is 751.